The predicted octanol–water partition coefficient (Wildman–Crippen LogP) is 3.55. The molecule has 0 saturated heterocycles. The highest BCUT2D eigenvalue weighted by Gasteiger charge is 2.46. The van der Waals surface area contributed by atoms with Gasteiger partial charge in [0.2, 0.25) is 0 Å². The SMILES string of the molecule is COC(=O)C1(NC(C)C)CCC(Sc2ccc(C)cc2)C1. The summed E-state index contributed by atoms with van der Waals surface area (Å²) in [6.07, 6.45) is 2.71. The lowest BCUT2D eigenvalue weighted by Crippen LogP contribution is -2.53. The van der Waals surface area contributed by atoms with E-state index >= 15 is 0 Å². The molecule has 0 bridgehead atoms. The minimum atomic E-state index is -0.509. The third-order valence-electron chi connectivity index (χ3n) is 3.93. The van der Waals surface area contributed by atoms with Crippen molar-refractivity contribution in [1.29, 1.82) is 0 Å². The van der Waals surface area contributed by atoms with Crippen LogP contribution >= 0.6 is 11.8 Å². The maximum Gasteiger partial charge on any atom is 0.326 e. The highest BCUT2D eigenvalue weighted by molar-refractivity contribution is 8.00. The molecule has 116 valence electrons. The van der Waals surface area contributed by atoms with E-state index < -0.39 is 5.54 Å². The number of carbonyl (C=O) groups is 1. The summed E-state index contributed by atoms with van der Waals surface area (Å²) in [5.74, 6) is -0.122. The molecule has 1 fully saturated rings. The number of hydrogen-bond donors (Lipinski definition) is 1. The van der Waals surface area contributed by atoms with Gasteiger partial charge in [0, 0.05) is 16.2 Å². The quantitative estimate of drug-likeness (QED) is 0.844. The van der Waals surface area contributed by atoms with Crippen molar-refractivity contribution in [2.75, 3.05) is 7.11 Å². The highest BCUT2D eigenvalue weighted by Crippen LogP contribution is 2.41. The number of ether oxygens (including phenoxy) is 1. The molecular formula is C17H25NO2S. The van der Waals surface area contributed by atoms with E-state index in [0.717, 1.165) is 19.3 Å². The second-order valence-electron chi connectivity index (χ2n) is 6.17. The Morgan fingerprint density at radius 3 is 2.62 bits per heavy atom. The van der Waals surface area contributed by atoms with Gasteiger partial charge in [0.1, 0.15) is 5.54 Å². The van der Waals surface area contributed by atoms with E-state index in [4.69, 9.17) is 4.74 Å². The normalized spacial score (nSPS) is 25.3. The molecule has 1 aromatic rings. The summed E-state index contributed by atoms with van der Waals surface area (Å²) in [6, 6.07) is 8.86. The highest BCUT2D eigenvalue weighted by atomic mass is 32.2. The van der Waals surface area contributed by atoms with Crippen LogP contribution in [0, 0.1) is 6.92 Å². The first kappa shape index (κ1) is 16.4. The van der Waals surface area contributed by atoms with Gasteiger partial charge in [-0.3, -0.25) is 10.1 Å². The molecule has 0 spiro atoms. The van der Waals surface area contributed by atoms with Crippen LogP contribution in [0.5, 0.6) is 0 Å². The van der Waals surface area contributed by atoms with Crippen molar-refractivity contribution in [1.82, 2.24) is 5.32 Å². The molecule has 2 atom stereocenters. The molecule has 0 aliphatic heterocycles. The molecule has 1 aliphatic rings. The largest absolute Gasteiger partial charge is 0.468 e. The molecule has 0 radical (unpaired) electrons. The van der Waals surface area contributed by atoms with Crippen LogP contribution in [0.15, 0.2) is 29.2 Å². The van der Waals surface area contributed by atoms with E-state index in [0.29, 0.717) is 5.25 Å². The fourth-order valence-corrected chi connectivity index (χ4v) is 4.32. The second-order valence-corrected chi connectivity index (χ2v) is 7.54. The summed E-state index contributed by atoms with van der Waals surface area (Å²) in [6.45, 7) is 6.25. The van der Waals surface area contributed by atoms with Crippen LogP contribution < -0.4 is 5.32 Å². The molecule has 1 aliphatic carbocycles. The van der Waals surface area contributed by atoms with Crippen molar-refractivity contribution in [2.45, 2.75) is 61.8 Å². The van der Waals surface area contributed by atoms with Crippen molar-refractivity contribution < 1.29 is 9.53 Å². The fraction of sp³-hybridized carbons (Fsp3) is 0.588. The second kappa shape index (κ2) is 6.84. The van der Waals surface area contributed by atoms with Crippen LogP contribution in [-0.4, -0.2) is 29.9 Å². The fourth-order valence-electron chi connectivity index (χ4n) is 3.03. The summed E-state index contributed by atoms with van der Waals surface area (Å²) in [4.78, 5) is 13.5. The van der Waals surface area contributed by atoms with Crippen LogP contribution in [0.3, 0.4) is 0 Å². The van der Waals surface area contributed by atoms with Crippen molar-refractivity contribution >= 4 is 17.7 Å². The van der Waals surface area contributed by atoms with Gasteiger partial charge < -0.3 is 4.74 Å². The minimum Gasteiger partial charge on any atom is -0.468 e. The summed E-state index contributed by atoms with van der Waals surface area (Å²) in [7, 11) is 1.48. The minimum absolute atomic E-state index is 0.122. The maximum absolute atomic E-state index is 12.2. The van der Waals surface area contributed by atoms with Gasteiger partial charge in [0.05, 0.1) is 7.11 Å². The molecule has 1 aromatic carbocycles. The predicted molar refractivity (Wildman–Crippen MR) is 87.7 cm³/mol. The van der Waals surface area contributed by atoms with Gasteiger partial charge in [-0.05, 0) is 52.2 Å². The average Bonchev–Trinajstić information content (AvgIpc) is 2.84. The lowest BCUT2D eigenvalue weighted by atomic mass is 9.96. The molecule has 0 heterocycles. The summed E-state index contributed by atoms with van der Waals surface area (Å²) < 4.78 is 5.04. The van der Waals surface area contributed by atoms with E-state index in [-0.39, 0.29) is 12.0 Å². The topological polar surface area (TPSA) is 38.3 Å². The lowest BCUT2D eigenvalue weighted by molar-refractivity contribution is -0.148. The zero-order chi connectivity index (χ0) is 15.5. The van der Waals surface area contributed by atoms with Gasteiger partial charge >= 0.3 is 5.97 Å². The Kier molecular flexibility index (Phi) is 5.33. The first-order valence-electron chi connectivity index (χ1n) is 7.54. The van der Waals surface area contributed by atoms with E-state index in [9.17, 15) is 4.79 Å². The average molecular weight is 307 g/mol. The van der Waals surface area contributed by atoms with Gasteiger partial charge in [0.15, 0.2) is 0 Å². The Balaban J connectivity index is 2.05. The molecule has 1 N–H and O–H groups in total. The molecule has 2 unspecified atom stereocenters. The van der Waals surface area contributed by atoms with E-state index in [2.05, 4.69) is 50.4 Å². The standard InChI is InChI=1S/C17H25NO2S/c1-12(2)18-17(16(19)20-4)10-9-15(11-17)21-14-7-5-13(3)6-8-14/h5-8,12,15,18H,9-11H2,1-4H3. The molecule has 2 rings (SSSR count). The van der Waals surface area contributed by atoms with Crippen LogP contribution in [0.2, 0.25) is 0 Å². The number of rotatable bonds is 5. The summed E-state index contributed by atoms with van der Waals surface area (Å²) >= 11 is 1.87. The van der Waals surface area contributed by atoms with Crippen LogP contribution in [0.25, 0.3) is 0 Å². The summed E-state index contributed by atoms with van der Waals surface area (Å²) in [5.41, 5.74) is 0.766. The number of benzene rings is 1. The summed E-state index contributed by atoms with van der Waals surface area (Å²) in [5, 5.41) is 3.90. The molecule has 3 nitrogen and oxygen atoms in total. The Hall–Kier alpha value is -1.00. The van der Waals surface area contributed by atoms with Crippen LogP contribution in [-0.2, 0) is 9.53 Å². The Morgan fingerprint density at radius 1 is 1.38 bits per heavy atom. The van der Waals surface area contributed by atoms with Crippen molar-refractivity contribution in [2.24, 2.45) is 0 Å². The number of methoxy groups -OCH3 is 1. The number of thioether (sulfide) groups is 1. The van der Waals surface area contributed by atoms with Gasteiger partial charge in [-0.25, -0.2) is 0 Å². The molecule has 21 heavy (non-hydrogen) atoms. The Bertz CT molecular complexity index is 486. The number of hydrogen-bond acceptors (Lipinski definition) is 4. The zero-order valence-corrected chi connectivity index (χ0v) is 14.1. The molecular weight excluding hydrogens is 282 g/mol. The molecule has 1 saturated carbocycles. The first-order chi connectivity index (χ1) is 9.95. The third-order valence-corrected chi connectivity index (χ3v) is 5.21. The van der Waals surface area contributed by atoms with Gasteiger partial charge in [-0.1, -0.05) is 17.7 Å². The lowest BCUT2D eigenvalue weighted by Gasteiger charge is -2.30. The Morgan fingerprint density at radius 2 is 2.05 bits per heavy atom. The van der Waals surface area contributed by atoms with E-state index in [1.807, 2.05) is 11.8 Å². The van der Waals surface area contributed by atoms with Gasteiger partial charge in [-0.2, -0.15) is 0 Å². The van der Waals surface area contributed by atoms with Crippen LogP contribution in [0.1, 0.15) is 38.7 Å². The molecule has 0 aromatic heterocycles. The zero-order valence-electron chi connectivity index (χ0n) is 13.3. The van der Waals surface area contributed by atoms with Crippen molar-refractivity contribution in [3.05, 3.63) is 29.8 Å². The van der Waals surface area contributed by atoms with Gasteiger partial charge in [-0.15, -0.1) is 11.8 Å². The van der Waals surface area contributed by atoms with Crippen LogP contribution in [0.4, 0.5) is 0 Å². The van der Waals surface area contributed by atoms with E-state index in [1.54, 1.807) is 0 Å². The Labute approximate surface area is 131 Å². The smallest absolute Gasteiger partial charge is 0.326 e. The number of esters is 1. The first-order valence-corrected chi connectivity index (χ1v) is 8.42. The molecule has 4 heteroatoms. The number of carbonyl (C=O) groups excluding carboxylic acids is 1. The number of nitrogens with one attached hydrogen (secondary N) is 1. The van der Waals surface area contributed by atoms with Crippen molar-refractivity contribution in [3.8, 4) is 0 Å². The molecule has 0 amide bonds. The van der Waals surface area contributed by atoms with Gasteiger partial charge in [0.25, 0.3) is 0 Å². The number of aryl methyl sites for hydroxylation is 1. The van der Waals surface area contributed by atoms with E-state index in [1.165, 1.54) is 17.6 Å². The monoisotopic (exact) mass is 307 g/mol. The third kappa shape index (κ3) is 4.01. The van der Waals surface area contributed by atoms with Crippen molar-refractivity contribution in [3.63, 3.8) is 0 Å². The maximum atomic E-state index is 12.2.